The molecule has 4 rings (SSSR count). The Hall–Kier alpha value is -3.54. The van der Waals surface area contributed by atoms with Crippen LogP contribution in [0.15, 0.2) is 59.7 Å². The van der Waals surface area contributed by atoms with Crippen LogP contribution in [0.5, 0.6) is 0 Å². The van der Waals surface area contributed by atoms with Gasteiger partial charge in [0.05, 0.1) is 23.8 Å². The van der Waals surface area contributed by atoms with Crippen LogP contribution in [-0.2, 0) is 13.1 Å². The molecule has 0 saturated carbocycles. The average Bonchev–Trinajstić information content (AvgIpc) is 3.00. The molecular weight excluding hydrogens is 381 g/mol. The van der Waals surface area contributed by atoms with Crippen molar-refractivity contribution >= 4 is 16.7 Å². The summed E-state index contributed by atoms with van der Waals surface area (Å²) in [5.41, 5.74) is 4.63. The Labute approximate surface area is 173 Å². The number of rotatable bonds is 5. The third kappa shape index (κ3) is 3.68. The van der Waals surface area contributed by atoms with E-state index in [1.807, 2.05) is 37.5 Å². The molecule has 2 aromatic carbocycles. The monoisotopic (exact) mass is 403 g/mol. The Balaban J connectivity index is 1.63. The largest absolute Gasteiger partial charge is 0.344 e. The first-order valence-corrected chi connectivity index (χ1v) is 9.73. The fourth-order valence-electron chi connectivity index (χ4n) is 3.72. The number of nitrogens with zero attached hydrogens (tertiary/aromatic N) is 3. The van der Waals surface area contributed by atoms with Gasteiger partial charge >= 0.3 is 0 Å². The van der Waals surface area contributed by atoms with E-state index < -0.39 is 0 Å². The van der Waals surface area contributed by atoms with Crippen molar-refractivity contribution in [3.63, 3.8) is 0 Å². The molecule has 0 aliphatic rings. The molecule has 4 aromatic rings. The summed E-state index contributed by atoms with van der Waals surface area (Å²) in [4.78, 5) is 30.1. The molecule has 2 heterocycles. The molecule has 0 N–H and O–H groups in total. The summed E-state index contributed by atoms with van der Waals surface area (Å²) in [5, 5.41) is 0.507. The molecular formula is C24H22FN3O2. The predicted octanol–water partition coefficient (Wildman–Crippen LogP) is 4.19. The maximum atomic E-state index is 13.2. The molecule has 2 aromatic heterocycles. The van der Waals surface area contributed by atoms with Crippen molar-refractivity contribution in [2.75, 3.05) is 0 Å². The van der Waals surface area contributed by atoms with Gasteiger partial charge in [0.25, 0.3) is 5.56 Å². The van der Waals surface area contributed by atoms with Gasteiger partial charge in [-0.3, -0.25) is 14.2 Å². The highest BCUT2D eigenvalue weighted by Crippen LogP contribution is 2.19. The van der Waals surface area contributed by atoms with Crippen molar-refractivity contribution in [2.24, 2.45) is 0 Å². The van der Waals surface area contributed by atoms with Gasteiger partial charge in [0.2, 0.25) is 0 Å². The molecule has 5 nitrogen and oxygen atoms in total. The lowest BCUT2D eigenvalue weighted by atomic mass is 10.1. The maximum Gasteiger partial charge on any atom is 0.261 e. The van der Waals surface area contributed by atoms with Gasteiger partial charge in [-0.05, 0) is 56.7 Å². The molecule has 0 atom stereocenters. The summed E-state index contributed by atoms with van der Waals surface area (Å²) in [5.74, 6) is -0.426. The van der Waals surface area contributed by atoms with E-state index >= 15 is 0 Å². The predicted molar refractivity (Wildman–Crippen MR) is 114 cm³/mol. The van der Waals surface area contributed by atoms with Crippen LogP contribution >= 0.6 is 0 Å². The smallest absolute Gasteiger partial charge is 0.261 e. The minimum absolute atomic E-state index is 0.0729. The first-order chi connectivity index (χ1) is 14.3. The zero-order chi connectivity index (χ0) is 21.4. The maximum absolute atomic E-state index is 13.2. The van der Waals surface area contributed by atoms with Crippen molar-refractivity contribution in [2.45, 2.75) is 33.9 Å². The highest BCUT2D eigenvalue weighted by molar-refractivity contribution is 5.97. The molecule has 0 aliphatic carbocycles. The van der Waals surface area contributed by atoms with Crippen molar-refractivity contribution in [3.8, 4) is 0 Å². The highest BCUT2D eigenvalue weighted by Gasteiger charge is 2.17. The van der Waals surface area contributed by atoms with Crippen LogP contribution in [0, 0.1) is 26.6 Å². The van der Waals surface area contributed by atoms with Crippen molar-refractivity contribution in [3.05, 3.63) is 99.1 Å². The number of carbonyl (C=O) groups is 1. The van der Waals surface area contributed by atoms with Gasteiger partial charge in [-0.2, -0.15) is 0 Å². The molecule has 6 heteroatoms. The Bertz CT molecular complexity index is 1320. The second-order valence-corrected chi connectivity index (χ2v) is 7.62. The molecule has 152 valence electrons. The molecule has 0 spiro atoms. The van der Waals surface area contributed by atoms with E-state index in [0.717, 1.165) is 22.5 Å². The molecule has 0 unspecified atom stereocenters. The van der Waals surface area contributed by atoms with E-state index in [0.29, 0.717) is 23.0 Å². The third-order valence-electron chi connectivity index (χ3n) is 5.42. The minimum atomic E-state index is -0.278. The third-order valence-corrected chi connectivity index (χ3v) is 5.42. The van der Waals surface area contributed by atoms with Crippen LogP contribution in [0.4, 0.5) is 4.39 Å². The lowest BCUT2D eigenvalue weighted by Crippen LogP contribution is -2.25. The Morgan fingerprint density at radius 2 is 1.77 bits per heavy atom. The molecule has 0 saturated heterocycles. The van der Waals surface area contributed by atoms with Crippen LogP contribution in [0.3, 0.4) is 0 Å². The summed E-state index contributed by atoms with van der Waals surface area (Å²) in [6, 6.07) is 13.7. The minimum Gasteiger partial charge on any atom is -0.344 e. The zero-order valence-electron chi connectivity index (χ0n) is 17.1. The van der Waals surface area contributed by atoms with Crippen LogP contribution in [0.2, 0.25) is 0 Å². The standard InChI is InChI=1S/C24H22FN3O2/c1-15-4-9-22-21(10-15)24(30)27(14-26-22)13-23(29)20-11-16(2)28(17(20)3)12-18-5-7-19(25)8-6-18/h4-11,14H,12-13H2,1-3H3. The van der Waals surface area contributed by atoms with E-state index in [-0.39, 0.29) is 23.7 Å². The van der Waals surface area contributed by atoms with Gasteiger partial charge in [-0.15, -0.1) is 0 Å². The van der Waals surface area contributed by atoms with Gasteiger partial charge < -0.3 is 4.57 Å². The topological polar surface area (TPSA) is 56.9 Å². The number of fused-ring (bicyclic) bond motifs is 1. The summed E-state index contributed by atoms with van der Waals surface area (Å²) >= 11 is 0. The van der Waals surface area contributed by atoms with Crippen LogP contribution in [0.25, 0.3) is 10.9 Å². The Kier molecular flexibility index (Phi) is 5.08. The quantitative estimate of drug-likeness (QED) is 0.470. The Morgan fingerprint density at radius 1 is 1.03 bits per heavy atom. The van der Waals surface area contributed by atoms with Gasteiger partial charge in [0.15, 0.2) is 5.78 Å². The molecule has 0 aliphatic heterocycles. The van der Waals surface area contributed by atoms with Gasteiger partial charge in [0, 0.05) is 23.5 Å². The number of hydrogen-bond donors (Lipinski definition) is 0. The highest BCUT2D eigenvalue weighted by atomic mass is 19.1. The van der Waals surface area contributed by atoms with Crippen LogP contribution in [-0.4, -0.2) is 19.9 Å². The van der Waals surface area contributed by atoms with E-state index in [9.17, 15) is 14.0 Å². The number of Topliss-reactive ketones (excluding diaryl/α,β-unsaturated/α-hetero) is 1. The second kappa shape index (κ2) is 7.71. The van der Waals surface area contributed by atoms with Gasteiger partial charge in [-0.25, -0.2) is 9.37 Å². The fraction of sp³-hybridized carbons (Fsp3) is 0.208. The number of halogens is 1. The molecule has 0 radical (unpaired) electrons. The zero-order valence-corrected chi connectivity index (χ0v) is 17.1. The van der Waals surface area contributed by atoms with E-state index in [4.69, 9.17) is 0 Å². The number of benzene rings is 2. The summed E-state index contributed by atoms with van der Waals surface area (Å²) in [7, 11) is 0. The number of hydrogen-bond acceptors (Lipinski definition) is 3. The number of ketones is 1. The summed E-state index contributed by atoms with van der Waals surface area (Å²) < 4.78 is 16.5. The van der Waals surface area contributed by atoms with Gasteiger partial charge in [0.1, 0.15) is 5.82 Å². The molecule has 0 fully saturated rings. The SMILES string of the molecule is Cc1ccc2ncn(CC(=O)c3cc(C)n(Cc4ccc(F)cc4)c3C)c(=O)c2c1. The fourth-order valence-corrected chi connectivity index (χ4v) is 3.72. The lowest BCUT2D eigenvalue weighted by molar-refractivity contribution is 0.0970. The summed E-state index contributed by atoms with van der Waals surface area (Å²) in [6.07, 6.45) is 1.43. The first kappa shape index (κ1) is 19.8. The van der Waals surface area contributed by atoms with E-state index in [1.165, 1.54) is 23.0 Å². The first-order valence-electron chi connectivity index (χ1n) is 9.73. The van der Waals surface area contributed by atoms with E-state index in [2.05, 4.69) is 4.98 Å². The summed E-state index contributed by atoms with van der Waals surface area (Å²) in [6.45, 7) is 6.20. The number of carbonyl (C=O) groups excluding carboxylic acids is 1. The number of aryl methyl sites for hydroxylation is 2. The average molecular weight is 403 g/mol. The molecule has 0 amide bonds. The van der Waals surface area contributed by atoms with Crippen molar-refractivity contribution < 1.29 is 9.18 Å². The Morgan fingerprint density at radius 3 is 2.50 bits per heavy atom. The normalized spacial score (nSPS) is 11.2. The van der Waals surface area contributed by atoms with Crippen LogP contribution in [0.1, 0.15) is 32.9 Å². The van der Waals surface area contributed by atoms with Crippen LogP contribution < -0.4 is 5.56 Å². The number of aromatic nitrogens is 3. The molecule has 0 bridgehead atoms. The van der Waals surface area contributed by atoms with E-state index in [1.54, 1.807) is 24.3 Å². The van der Waals surface area contributed by atoms with Crippen molar-refractivity contribution in [1.82, 2.24) is 14.1 Å². The second-order valence-electron chi connectivity index (χ2n) is 7.62. The lowest BCUT2D eigenvalue weighted by Gasteiger charge is -2.10. The van der Waals surface area contributed by atoms with Crippen molar-refractivity contribution in [1.29, 1.82) is 0 Å². The van der Waals surface area contributed by atoms with Gasteiger partial charge in [-0.1, -0.05) is 23.8 Å². The molecule has 30 heavy (non-hydrogen) atoms.